The zero-order valence-corrected chi connectivity index (χ0v) is 9.28. The van der Waals surface area contributed by atoms with E-state index in [1.807, 2.05) is 12.1 Å². The second-order valence-corrected chi connectivity index (χ2v) is 3.84. The first-order valence-electron chi connectivity index (χ1n) is 3.91. The molecule has 1 aromatic rings. The Kier molecular flexibility index (Phi) is 4.46. The monoisotopic (exact) mass is 262 g/mol. The second kappa shape index (κ2) is 5.40. The molecule has 0 amide bonds. The molecule has 0 nitrogen and oxygen atoms in total. The highest BCUT2D eigenvalue weighted by atomic mass is 79.9. The Morgan fingerprint density at radius 3 is 2.85 bits per heavy atom. The number of rotatable bonds is 3. The maximum atomic E-state index is 13.2. The van der Waals surface area contributed by atoms with Gasteiger partial charge in [-0.25, -0.2) is 4.39 Å². The maximum Gasteiger partial charge on any atom is 0.131 e. The summed E-state index contributed by atoms with van der Waals surface area (Å²) in [5.41, 5.74) is 0.591. The lowest BCUT2D eigenvalue weighted by Gasteiger charge is -1.96. The fourth-order valence-corrected chi connectivity index (χ4v) is 1.37. The minimum Gasteiger partial charge on any atom is -0.206 e. The Balaban J connectivity index is 2.77. The van der Waals surface area contributed by atoms with Gasteiger partial charge in [0.05, 0.1) is 0 Å². The first-order chi connectivity index (χ1) is 6.24. The summed E-state index contributed by atoms with van der Waals surface area (Å²) in [6.45, 7) is 0. The van der Waals surface area contributed by atoms with Gasteiger partial charge in [-0.15, -0.1) is 11.6 Å². The van der Waals surface area contributed by atoms with Crippen molar-refractivity contribution in [2.24, 2.45) is 0 Å². The molecule has 0 aliphatic rings. The van der Waals surface area contributed by atoms with E-state index in [-0.39, 0.29) is 5.82 Å². The Morgan fingerprint density at radius 1 is 1.46 bits per heavy atom. The number of alkyl halides is 1. The average molecular weight is 264 g/mol. The summed E-state index contributed by atoms with van der Waals surface area (Å²) in [5.74, 6) is 0.342. The molecule has 0 unspecified atom stereocenters. The average Bonchev–Trinajstić information content (AvgIpc) is 2.09. The van der Waals surface area contributed by atoms with Crippen LogP contribution in [0.4, 0.5) is 4.39 Å². The molecule has 1 aromatic carbocycles. The van der Waals surface area contributed by atoms with Crippen LogP contribution >= 0.6 is 27.5 Å². The third-order valence-corrected chi connectivity index (χ3v) is 2.25. The van der Waals surface area contributed by atoms with Crippen molar-refractivity contribution in [3.8, 4) is 0 Å². The summed E-state index contributed by atoms with van der Waals surface area (Å²) in [6.07, 6.45) is 4.36. The Labute approximate surface area is 90.5 Å². The van der Waals surface area contributed by atoms with Gasteiger partial charge in [0.1, 0.15) is 5.82 Å². The van der Waals surface area contributed by atoms with Gasteiger partial charge in [0.25, 0.3) is 0 Å². The Bertz CT molecular complexity index is 310. The summed E-state index contributed by atoms with van der Waals surface area (Å²) in [6, 6.07) is 4.98. The van der Waals surface area contributed by atoms with Gasteiger partial charge in [-0.05, 0) is 18.6 Å². The third-order valence-electron chi connectivity index (χ3n) is 1.54. The van der Waals surface area contributed by atoms with Gasteiger partial charge < -0.3 is 0 Å². The third kappa shape index (κ3) is 3.49. The van der Waals surface area contributed by atoms with E-state index in [1.54, 1.807) is 12.1 Å². The van der Waals surface area contributed by atoms with Crippen LogP contribution in [0.2, 0.25) is 0 Å². The fourth-order valence-electron chi connectivity index (χ4n) is 0.910. The van der Waals surface area contributed by atoms with E-state index >= 15 is 0 Å². The minimum atomic E-state index is -0.222. The topological polar surface area (TPSA) is 0 Å². The number of halogens is 3. The molecule has 0 saturated carbocycles. The van der Waals surface area contributed by atoms with Crippen molar-refractivity contribution < 1.29 is 4.39 Å². The second-order valence-electron chi connectivity index (χ2n) is 2.55. The molecule has 0 aliphatic carbocycles. The lowest BCUT2D eigenvalue weighted by atomic mass is 10.2. The van der Waals surface area contributed by atoms with Crippen molar-refractivity contribution in [1.29, 1.82) is 0 Å². The zero-order chi connectivity index (χ0) is 9.68. The number of benzene rings is 1. The zero-order valence-electron chi connectivity index (χ0n) is 6.93. The van der Waals surface area contributed by atoms with Crippen molar-refractivity contribution in [1.82, 2.24) is 0 Å². The SMILES string of the molecule is Fc1cc(Br)ccc1C=CCCCl. The highest BCUT2D eigenvalue weighted by Crippen LogP contribution is 2.16. The van der Waals surface area contributed by atoms with E-state index < -0.39 is 0 Å². The quantitative estimate of drug-likeness (QED) is 0.716. The molecular formula is C10H9BrClF. The summed E-state index contributed by atoms with van der Waals surface area (Å²) in [5, 5.41) is 0. The molecule has 0 N–H and O–H groups in total. The largest absolute Gasteiger partial charge is 0.206 e. The standard InChI is InChI=1S/C10H9BrClF/c11-9-5-4-8(10(13)7-9)3-1-2-6-12/h1,3-5,7H,2,6H2. The van der Waals surface area contributed by atoms with E-state index in [0.29, 0.717) is 11.4 Å². The fraction of sp³-hybridized carbons (Fsp3) is 0.200. The normalized spacial score (nSPS) is 11.0. The molecular weight excluding hydrogens is 254 g/mol. The predicted molar refractivity (Wildman–Crippen MR) is 58.5 cm³/mol. The first-order valence-corrected chi connectivity index (χ1v) is 5.24. The van der Waals surface area contributed by atoms with Crippen LogP contribution < -0.4 is 0 Å². The molecule has 0 aromatic heterocycles. The van der Waals surface area contributed by atoms with Crippen LogP contribution in [0.25, 0.3) is 6.08 Å². The van der Waals surface area contributed by atoms with Crippen LogP contribution in [0.3, 0.4) is 0 Å². The van der Waals surface area contributed by atoms with E-state index in [2.05, 4.69) is 15.9 Å². The van der Waals surface area contributed by atoms with Crippen LogP contribution in [0.1, 0.15) is 12.0 Å². The minimum absolute atomic E-state index is 0.222. The van der Waals surface area contributed by atoms with Gasteiger partial charge in [0.15, 0.2) is 0 Å². The van der Waals surface area contributed by atoms with Gasteiger partial charge in [0.2, 0.25) is 0 Å². The Hall–Kier alpha value is -0.340. The molecule has 0 atom stereocenters. The molecule has 0 bridgehead atoms. The highest BCUT2D eigenvalue weighted by molar-refractivity contribution is 9.10. The summed E-state index contributed by atoms with van der Waals surface area (Å²) >= 11 is 8.67. The van der Waals surface area contributed by atoms with Gasteiger partial charge in [-0.1, -0.05) is 34.1 Å². The molecule has 0 fully saturated rings. The molecule has 0 spiro atoms. The molecule has 0 radical (unpaired) electrons. The first kappa shape index (κ1) is 10.7. The van der Waals surface area contributed by atoms with Crippen LogP contribution in [0.5, 0.6) is 0 Å². The van der Waals surface area contributed by atoms with Gasteiger partial charge in [-0.3, -0.25) is 0 Å². The lowest BCUT2D eigenvalue weighted by molar-refractivity contribution is 0.624. The molecule has 3 heteroatoms. The lowest BCUT2D eigenvalue weighted by Crippen LogP contribution is -1.81. The van der Waals surface area contributed by atoms with Gasteiger partial charge in [-0.2, -0.15) is 0 Å². The van der Waals surface area contributed by atoms with Crippen molar-refractivity contribution in [2.45, 2.75) is 6.42 Å². The molecule has 0 heterocycles. The van der Waals surface area contributed by atoms with E-state index in [9.17, 15) is 4.39 Å². The maximum absolute atomic E-state index is 13.2. The Morgan fingerprint density at radius 2 is 2.23 bits per heavy atom. The summed E-state index contributed by atoms with van der Waals surface area (Å²) < 4.78 is 13.9. The van der Waals surface area contributed by atoms with Gasteiger partial charge >= 0.3 is 0 Å². The van der Waals surface area contributed by atoms with Crippen LogP contribution in [-0.2, 0) is 0 Å². The van der Waals surface area contributed by atoms with Crippen molar-refractivity contribution in [2.75, 3.05) is 5.88 Å². The van der Waals surface area contributed by atoms with Crippen LogP contribution in [0, 0.1) is 5.82 Å². The molecule has 13 heavy (non-hydrogen) atoms. The van der Waals surface area contributed by atoms with Crippen LogP contribution in [-0.4, -0.2) is 5.88 Å². The van der Waals surface area contributed by atoms with Crippen molar-refractivity contribution in [3.63, 3.8) is 0 Å². The van der Waals surface area contributed by atoms with Gasteiger partial charge in [0, 0.05) is 15.9 Å². The number of hydrogen-bond acceptors (Lipinski definition) is 0. The van der Waals surface area contributed by atoms with Crippen molar-refractivity contribution in [3.05, 3.63) is 40.1 Å². The van der Waals surface area contributed by atoms with Crippen molar-refractivity contribution >= 4 is 33.6 Å². The number of hydrogen-bond donors (Lipinski definition) is 0. The highest BCUT2D eigenvalue weighted by Gasteiger charge is 1.97. The molecule has 1 rings (SSSR count). The van der Waals surface area contributed by atoms with E-state index in [4.69, 9.17) is 11.6 Å². The van der Waals surface area contributed by atoms with Crippen LogP contribution in [0.15, 0.2) is 28.7 Å². The smallest absolute Gasteiger partial charge is 0.131 e. The molecule has 70 valence electrons. The molecule has 0 saturated heterocycles. The van der Waals surface area contributed by atoms with E-state index in [0.717, 1.165) is 10.9 Å². The number of allylic oxidation sites excluding steroid dienone is 1. The summed E-state index contributed by atoms with van der Waals surface area (Å²) in [7, 11) is 0. The predicted octanol–water partition coefficient (Wildman–Crippen LogP) is 4.23. The summed E-state index contributed by atoms with van der Waals surface area (Å²) in [4.78, 5) is 0. The molecule has 0 aliphatic heterocycles. The van der Waals surface area contributed by atoms with E-state index in [1.165, 1.54) is 6.07 Å².